The number of carbonyl (C=O) groups excluding carboxylic acids is 2. The monoisotopic (exact) mass is 485 g/mol. The minimum Gasteiger partial charge on any atom is -0.493 e. The van der Waals surface area contributed by atoms with Gasteiger partial charge in [0, 0.05) is 31.1 Å². The standard InChI is InChI=1S/C20H27N3O7S2/c1-5-30-18(24)12-23-14-10-15(28-2)16(29-3)11-17(14)31-20(23)21-19(25)13-6-8-22(9-7-13)32(4,26)27/h10-11,13H,5-9,12H2,1-4H3. The molecule has 12 heteroatoms. The van der Waals surface area contributed by atoms with Gasteiger partial charge in [-0.05, 0) is 19.8 Å². The topological polar surface area (TPSA) is 116 Å². The molecule has 0 saturated carbocycles. The van der Waals surface area contributed by atoms with Crippen LogP contribution < -0.4 is 14.3 Å². The molecule has 1 aliphatic heterocycles. The first-order valence-corrected chi connectivity index (χ1v) is 12.8. The molecule has 1 fully saturated rings. The van der Waals surface area contributed by atoms with Crippen LogP contribution in [0.4, 0.5) is 0 Å². The second kappa shape index (κ2) is 10.0. The molecule has 10 nitrogen and oxygen atoms in total. The van der Waals surface area contributed by atoms with Crippen LogP contribution >= 0.6 is 11.3 Å². The summed E-state index contributed by atoms with van der Waals surface area (Å²) in [6.45, 7) is 2.42. The third-order valence-electron chi connectivity index (χ3n) is 5.26. The zero-order chi connectivity index (χ0) is 23.5. The van der Waals surface area contributed by atoms with Crippen molar-refractivity contribution in [2.24, 2.45) is 10.9 Å². The van der Waals surface area contributed by atoms with E-state index in [-0.39, 0.29) is 38.1 Å². The Kier molecular flexibility index (Phi) is 7.57. The summed E-state index contributed by atoms with van der Waals surface area (Å²) >= 11 is 1.26. The molecule has 0 bridgehead atoms. The van der Waals surface area contributed by atoms with Gasteiger partial charge in [-0.15, -0.1) is 0 Å². The fraction of sp³-hybridized carbons (Fsp3) is 0.550. The van der Waals surface area contributed by atoms with Crippen molar-refractivity contribution in [1.29, 1.82) is 0 Å². The molecule has 1 saturated heterocycles. The van der Waals surface area contributed by atoms with Crippen molar-refractivity contribution >= 4 is 43.5 Å². The SMILES string of the molecule is CCOC(=O)Cn1c(=NC(=O)C2CCN(S(C)(=O)=O)CC2)sc2cc(OC)c(OC)cc21. The first-order chi connectivity index (χ1) is 15.2. The third-order valence-corrected chi connectivity index (χ3v) is 7.60. The second-order valence-corrected chi connectivity index (χ2v) is 10.3. The van der Waals surface area contributed by atoms with Crippen LogP contribution in [0.2, 0.25) is 0 Å². The fourth-order valence-corrected chi connectivity index (χ4v) is 5.51. The van der Waals surface area contributed by atoms with Crippen molar-refractivity contribution in [1.82, 2.24) is 8.87 Å². The first-order valence-electron chi connectivity index (χ1n) is 10.1. The largest absolute Gasteiger partial charge is 0.493 e. The van der Waals surface area contributed by atoms with Gasteiger partial charge in [-0.1, -0.05) is 11.3 Å². The number of hydrogen-bond donors (Lipinski definition) is 0. The lowest BCUT2D eigenvalue weighted by Gasteiger charge is -2.28. The van der Waals surface area contributed by atoms with E-state index in [1.165, 1.54) is 29.9 Å². The Morgan fingerprint density at radius 1 is 1.16 bits per heavy atom. The zero-order valence-corrected chi connectivity index (χ0v) is 20.1. The van der Waals surface area contributed by atoms with Gasteiger partial charge in [0.2, 0.25) is 10.0 Å². The van der Waals surface area contributed by atoms with Crippen molar-refractivity contribution < 1.29 is 32.2 Å². The molecule has 1 aliphatic rings. The summed E-state index contributed by atoms with van der Waals surface area (Å²) in [5.74, 6) is -0.145. The quantitative estimate of drug-likeness (QED) is 0.544. The molecule has 3 rings (SSSR count). The predicted octanol–water partition coefficient (Wildman–Crippen LogP) is 1.38. The lowest BCUT2D eigenvalue weighted by molar-refractivity contribution is -0.143. The van der Waals surface area contributed by atoms with Gasteiger partial charge in [0.05, 0.1) is 37.3 Å². The van der Waals surface area contributed by atoms with Gasteiger partial charge in [0.25, 0.3) is 5.91 Å². The van der Waals surface area contributed by atoms with Gasteiger partial charge < -0.3 is 18.8 Å². The molecule has 1 amide bonds. The summed E-state index contributed by atoms with van der Waals surface area (Å²) in [5, 5.41) is 0. The number of thiazole rings is 1. The van der Waals surface area contributed by atoms with Gasteiger partial charge in [-0.2, -0.15) is 4.99 Å². The highest BCUT2D eigenvalue weighted by atomic mass is 32.2. The number of piperidine rings is 1. The summed E-state index contributed by atoms with van der Waals surface area (Å²) in [5.41, 5.74) is 0.666. The molecule has 0 unspecified atom stereocenters. The van der Waals surface area contributed by atoms with E-state index < -0.39 is 16.0 Å². The summed E-state index contributed by atoms with van der Waals surface area (Å²) in [4.78, 5) is 29.8. The number of rotatable bonds is 7. The molecular weight excluding hydrogens is 458 g/mol. The van der Waals surface area contributed by atoms with Crippen molar-refractivity contribution in [2.75, 3.05) is 40.2 Å². The number of esters is 1. The molecule has 0 spiro atoms. The number of methoxy groups -OCH3 is 2. The fourth-order valence-electron chi connectivity index (χ4n) is 3.59. The Labute approximate surface area is 190 Å². The van der Waals surface area contributed by atoms with E-state index in [0.717, 1.165) is 11.0 Å². The smallest absolute Gasteiger partial charge is 0.326 e. The molecule has 0 N–H and O–H groups in total. The van der Waals surface area contributed by atoms with Crippen LogP contribution in [-0.4, -0.2) is 69.3 Å². The van der Waals surface area contributed by atoms with E-state index in [1.807, 2.05) is 0 Å². The number of benzene rings is 1. The van der Waals surface area contributed by atoms with Crippen LogP contribution in [0.15, 0.2) is 17.1 Å². The normalized spacial score (nSPS) is 16.3. The molecule has 1 aromatic carbocycles. The predicted molar refractivity (Wildman–Crippen MR) is 119 cm³/mol. The van der Waals surface area contributed by atoms with Crippen LogP contribution in [0.1, 0.15) is 19.8 Å². The Bertz CT molecular complexity index is 1180. The molecule has 1 aromatic heterocycles. The van der Waals surface area contributed by atoms with E-state index in [1.54, 1.807) is 23.6 Å². The minimum absolute atomic E-state index is 0.109. The maximum absolute atomic E-state index is 12.9. The van der Waals surface area contributed by atoms with Crippen molar-refractivity contribution in [2.45, 2.75) is 26.3 Å². The van der Waals surface area contributed by atoms with Crippen LogP contribution in [0, 0.1) is 5.92 Å². The number of carbonyl (C=O) groups is 2. The summed E-state index contributed by atoms with van der Waals surface area (Å²) in [6.07, 6.45) is 1.97. The lowest BCUT2D eigenvalue weighted by Crippen LogP contribution is -2.39. The minimum atomic E-state index is -3.28. The summed E-state index contributed by atoms with van der Waals surface area (Å²) in [7, 11) is -0.229. The Balaban J connectivity index is 1.99. The van der Waals surface area contributed by atoms with Gasteiger partial charge >= 0.3 is 5.97 Å². The molecule has 2 aromatic rings. The Hall–Kier alpha value is -2.44. The Morgan fingerprint density at radius 3 is 2.34 bits per heavy atom. The van der Waals surface area contributed by atoms with Crippen LogP contribution in [0.25, 0.3) is 10.2 Å². The zero-order valence-electron chi connectivity index (χ0n) is 18.5. The van der Waals surface area contributed by atoms with E-state index >= 15 is 0 Å². The van der Waals surface area contributed by atoms with E-state index in [9.17, 15) is 18.0 Å². The third kappa shape index (κ3) is 5.30. The van der Waals surface area contributed by atoms with E-state index in [0.29, 0.717) is 34.7 Å². The van der Waals surface area contributed by atoms with E-state index in [4.69, 9.17) is 14.2 Å². The molecule has 2 heterocycles. The maximum atomic E-state index is 12.9. The molecule has 0 radical (unpaired) electrons. The highest BCUT2D eigenvalue weighted by molar-refractivity contribution is 7.88. The summed E-state index contributed by atoms with van der Waals surface area (Å²) < 4.78 is 43.0. The van der Waals surface area contributed by atoms with Crippen molar-refractivity contribution in [3.8, 4) is 11.5 Å². The molecule has 32 heavy (non-hydrogen) atoms. The number of hydrogen-bond acceptors (Lipinski definition) is 8. The average Bonchev–Trinajstić information content (AvgIpc) is 3.08. The highest BCUT2D eigenvalue weighted by Gasteiger charge is 2.29. The van der Waals surface area contributed by atoms with E-state index in [2.05, 4.69) is 4.99 Å². The number of nitrogens with zero attached hydrogens (tertiary/aromatic N) is 3. The van der Waals surface area contributed by atoms with Gasteiger partial charge in [0.15, 0.2) is 16.3 Å². The van der Waals surface area contributed by atoms with Crippen LogP contribution in [0.5, 0.6) is 11.5 Å². The molecule has 0 atom stereocenters. The summed E-state index contributed by atoms with van der Waals surface area (Å²) in [6, 6.07) is 3.51. The van der Waals surface area contributed by atoms with Gasteiger partial charge in [-0.3, -0.25) is 9.59 Å². The lowest BCUT2D eigenvalue weighted by atomic mass is 9.98. The van der Waals surface area contributed by atoms with Crippen LogP contribution in [-0.2, 0) is 30.9 Å². The van der Waals surface area contributed by atoms with Crippen molar-refractivity contribution in [3.05, 3.63) is 16.9 Å². The van der Waals surface area contributed by atoms with Gasteiger partial charge in [0.1, 0.15) is 6.54 Å². The number of amides is 1. The van der Waals surface area contributed by atoms with Gasteiger partial charge in [-0.25, -0.2) is 12.7 Å². The molecular formula is C20H27N3O7S2. The van der Waals surface area contributed by atoms with Crippen LogP contribution in [0.3, 0.4) is 0 Å². The highest BCUT2D eigenvalue weighted by Crippen LogP contribution is 2.33. The second-order valence-electron chi connectivity index (χ2n) is 7.34. The number of ether oxygens (including phenoxy) is 3. The average molecular weight is 486 g/mol. The number of fused-ring (bicyclic) bond motifs is 1. The molecule has 176 valence electrons. The Morgan fingerprint density at radius 2 is 1.78 bits per heavy atom. The first kappa shape index (κ1) is 24.2. The molecule has 0 aliphatic carbocycles. The number of aromatic nitrogens is 1. The van der Waals surface area contributed by atoms with Crippen molar-refractivity contribution in [3.63, 3.8) is 0 Å². The number of sulfonamides is 1. The maximum Gasteiger partial charge on any atom is 0.326 e.